The first-order valence-electron chi connectivity index (χ1n) is 8.63. The van der Waals surface area contributed by atoms with E-state index in [9.17, 15) is 14.9 Å². The van der Waals surface area contributed by atoms with E-state index in [1.165, 1.54) is 6.07 Å². The average molecular weight is 349 g/mol. The molecule has 0 aromatic heterocycles. The Hall–Kier alpha value is -2.15. The molecule has 0 saturated carbocycles. The number of benzene rings is 1. The minimum Gasteiger partial charge on any atom is -0.444 e. The number of nitrogens with zero attached hydrogens (tertiary/aromatic N) is 2. The van der Waals surface area contributed by atoms with Crippen molar-refractivity contribution in [1.82, 2.24) is 10.2 Å². The molecule has 1 aromatic carbocycles. The fraction of sp³-hybridized carbons (Fsp3) is 0.611. The van der Waals surface area contributed by atoms with Crippen LogP contribution in [0.5, 0.6) is 0 Å². The number of non-ortho nitro benzene ring substituents is 1. The molecular formula is C18H27N3O4. The van der Waals surface area contributed by atoms with Gasteiger partial charge in [-0.15, -0.1) is 0 Å². The highest BCUT2D eigenvalue weighted by Gasteiger charge is 2.26. The van der Waals surface area contributed by atoms with Gasteiger partial charge in [0.2, 0.25) is 0 Å². The number of piperidine rings is 1. The van der Waals surface area contributed by atoms with Crippen LogP contribution in [0.4, 0.5) is 10.5 Å². The van der Waals surface area contributed by atoms with Crippen molar-refractivity contribution in [2.24, 2.45) is 0 Å². The van der Waals surface area contributed by atoms with Gasteiger partial charge in [0.25, 0.3) is 5.69 Å². The van der Waals surface area contributed by atoms with Crippen molar-refractivity contribution < 1.29 is 14.5 Å². The van der Waals surface area contributed by atoms with Gasteiger partial charge < -0.3 is 10.1 Å². The molecule has 25 heavy (non-hydrogen) atoms. The van der Waals surface area contributed by atoms with Gasteiger partial charge in [0.1, 0.15) is 5.60 Å². The fourth-order valence-corrected chi connectivity index (χ4v) is 3.01. The Balaban J connectivity index is 1.88. The number of rotatable bonds is 4. The Morgan fingerprint density at radius 2 is 2.00 bits per heavy atom. The third kappa shape index (κ3) is 5.70. The Bertz CT molecular complexity index is 619. The van der Waals surface area contributed by atoms with E-state index in [0.717, 1.165) is 31.5 Å². The second-order valence-corrected chi connectivity index (χ2v) is 7.48. The zero-order valence-electron chi connectivity index (χ0n) is 15.3. The van der Waals surface area contributed by atoms with Crippen LogP contribution in [0.3, 0.4) is 0 Å². The van der Waals surface area contributed by atoms with Crippen LogP contribution >= 0.6 is 0 Å². The number of carbonyl (C=O) groups is 1. The van der Waals surface area contributed by atoms with Crippen LogP contribution in [0.15, 0.2) is 24.3 Å². The van der Waals surface area contributed by atoms with E-state index in [2.05, 4.69) is 17.1 Å². The predicted octanol–water partition coefficient (Wildman–Crippen LogP) is 3.64. The van der Waals surface area contributed by atoms with Crippen LogP contribution in [0.2, 0.25) is 0 Å². The topological polar surface area (TPSA) is 84.7 Å². The Morgan fingerprint density at radius 1 is 1.36 bits per heavy atom. The van der Waals surface area contributed by atoms with Gasteiger partial charge in [-0.2, -0.15) is 0 Å². The average Bonchev–Trinajstić information content (AvgIpc) is 2.53. The van der Waals surface area contributed by atoms with Gasteiger partial charge >= 0.3 is 6.09 Å². The van der Waals surface area contributed by atoms with Gasteiger partial charge in [0, 0.05) is 37.3 Å². The summed E-state index contributed by atoms with van der Waals surface area (Å²) in [4.78, 5) is 24.7. The maximum absolute atomic E-state index is 11.9. The summed E-state index contributed by atoms with van der Waals surface area (Å²) in [5.74, 6) is 0. The molecule has 1 aliphatic heterocycles. The van der Waals surface area contributed by atoms with Crippen molar-refractivity contribution in [3.63, 3.8) is 0 Å². The van der Waals surface area contributed by atoms with E-state index in [1.54, 1.807) is 12.1 Å². The first-order chi connectivity index (χ1) is 11.7. The monoisotopic (exact) mass is 349 g/mol. The lowest BCUT2D eigenvalue weighted by Crippen LogP contribution is -2.46. The zero-order chi connectivity index (χ0) is 18.6. The number of nitro benzene ring substituents is 1. The molecule has 0 radical (unpaired) electrons. The summed E-state index contributed by atoms with van der Waals surface area (Å²) in [5.41, 5.74) is 0.556. The number of likely N-dealkylation sites (tertiary alicyclic amines) is 1. The van der Waals surface area contributed by atoms with Crippen molar-refractivity contribution in [2.45, 2.75) is 58.2 Å². The zero-order valence-corrected chi connectivity index (χ0v) is 15.3. The summed E-state index contributed by atoms with van der Waals surface area (Å²) >= 11 is 0. The van der Waals surface area contributed by atoms with Gasteiger partial charge in [-0.3, -0.25) is 15.0 Å². The van der Waals surface area contributed by atoms with E-state index in [4.69, 9.17) is 4.74 Å². The van der Waals surface area contributed by atoms with Crippen molar-refractivity contribution in [2.75, 3.05) is 13.1 Å². The highest BCUT2D eigenvalue weighted by Crippen LogP contribution is 2.26. The minimum atomic E-state index is -0.499. The number of nitro groups is 1. The summed E-state index contributed by atoms with van der Waals surface area (Å²) in [6, 6.07) is 6.98. The maximum atomic E-state index is 11.9. The lowest BCUT2D eigenvalue weighted by atomic mass is 10.00. The lowest BCUT2D eigenvalue weighted by Gasteiger charge is -2.36. The van der Waals surface area contributed by atoms with Crippen LogP contribution in [0.25, 0.3) is 0 Å². The van der Waals surface area contributed by atoms with Crippen LogP contribution in [-0.2, 0) is 4.74 Å². The first-order valence-corrected chi connectivity index (χ1v) is 8.63. The molecule has 0 spiro atoms. The van der Waals surface area contributed by atoms with Crippen molar-refractivity contribution >= 4 is 11.8 Å². The van der Waals surface area contributed by atoms with Gasteiger partial charge in [0.05, 0.1) is 4.92 Å². The molecule has 7 nitrogen and oxygen atoms in total. The predicted molar refractivity (Wildman–Crippen MR) is 95.5 cm³/mol. The normalized spacial score (nSPS) is 17.8. The third-order valence-corrected chi connectivity index (χ3v) is 4.36. The summed E-state index contributed by atoms with van der Waals surface area (Å²) in [7, 11) is 0. The second kappa shape index (κ2) is 7.82. The van der Waals surface area contributed by atoms with Gasteiger partial charge in [-0.25, -0.2) is 4.79 Å². The summed E-state index contributed by atoms with van der Waals surface area (Å²) in [6.45, 7) is 9.23. The van der Waals surface area contributed by atoms with Crippen molar-refractivity contribution in [3.05, 3.63) is 39.9 Å². The van der Waals surface area contributed by atoms with E-state index >= 15 is 0 Å². The first kappa shape index (κ1) is 19.2. The summed E-state index contributed by atoms with van der Waals surface area (Å²) < 4.78 is 5.29. The van der Waals surface area contributed by atoms with E-state index in [-0.39, 0.29) is 28.8 Å². The largest absolute Gasteiger partial charge is 0.444 e. The standard InChI is InChI=1S/C18H27N3O4/c1-13(14-6-5-7-16(12-14)21(23)24)20-10-8-15(9-11-20)19-17(22)25-18(2,3)4/h5-7,12-13,15H,8-11H2,1-4H3,(H,19,22). The number of amides is 1. The number of nitrogens with one attached hydrogen (secondary N) is 1. The Labute approximate surface area is 148 Å². The Morgan fingerprint density at radius 3 is 2.56 bits per heavy atom. The maximum Gasteiger partial charge on any atom is 0.407 e. The van der Waals surface area contributed by atoms with Crippen LogP contribution in [0, 0.1) is 10.1 Å². The van der Waals surface area contributed by atoms with E-state index in [0.29, 0.717) is 0 Å². The van der Waals surface area contributed by atoms with E-state index < -0.39 is 5.60 Å². The number of carbonyl (C=O) groups excluding carboxylic acids is 1. The lowest BCUT2D eigenvalue weighted by molar-refractivity contribution is -0.385. The number of hydrogen-bond donors (Lipinski definition) is 1. The van der Waals surface area contributed by atoms with Gasteiger partial charge in [0.15, 0.2) is 0 Å². The Kier molecular flexibility index (Phi) is 6.00. The molecule has 1 heterocycles. The molecule has 0 bridgehead atoms. The molecule has 1 atom stereocenters. The molecule has 7 heteroatoms. The molecule has 1 unspecified atom stereocenters. The molecule has 1 N–H and O–H groups in total. The molecule has 0 aliphatic carbocycles. The molecule has 1 aromatic rings. The van der Waals surface area contributed by atoms with Gasteiger partial charge in [-0.1, -0.05) is 12.1 Å². The highest BCUT2D eigenvalue weighted by molar-refractivity contribution is 5.68. The number of ether oxygens (including phenoxy) is 1. The highest BCUT2D eigenvalue weighted by atomic mass is 16.6. The van der Waals surface area contributed by atoms with Crippen molar-refractivity contribution in [1.29, 1.82) is 0 Å². The molecule has 1 fully saturated rings. The molecule has 1 aliphatic rings. The number of hydrogen-bond acceptors (Lipinski definition) is 5. The molecule has 2 rings (SSSR count). The molecule has 138 valence electrons. The van der Waals surface area contributed by atoms with E-state index in [1.807, 2.05) is 26.8 Å². The molecule has 1 amide bonds. The summed E-state index contributed by atoms with van der Waals surface area (Å²) in [5, 5.41) is 13.9. The van der Waals surface area contributed by atoms with Crippen LogP contribution in [0.1, 0.15) is 52.1 Å². The SMILES string of the molecule is CC(c1cccc([N+](=O)[O-])c1)N1CCC(NC(=O)OC(C)(C)C)CC1. The fourth-order valence-electron chi connectivity index (χ4n) is 3.01. The van der Waals surface area contributed by atoms with Crippen molar-refractivity contribution in [3.8, 4) is 0 Å². The smallest absolute Gasteiger partial charge is 0.407 e. The van der Waals surface area contributed by atoms with Gasteiger partial charge in [-0.05, 0) is 46.1 Å². The quantitative estimate of drug-likeness (QED) is 0.662. The molecule has 1 saturated heterocycles. The summed E-state index contributed by atoms with van der Waals surface area (Å²) in [6.07, 6.45) is 1.29. The second-order valence-electron chi connectivity index (χ2n) is 7.48. The third-order valence-electron chi connectivity index (χ3n) is 4.36. The molecular weight excluding hydrogens is 322 g/mol. The number of alkyl carbamates (subject to hydrolysis) is 1. The van der Waals surface area contributed by atoms with Crippen LogP contribution in [-0.4, -0.2) is 40.6 Å². The minimum absolute atomic E-state index is 0.0994. The van der Waals surface area contributed by atoms with Crippen LogP contribution < -0.4 is 5.32 Å².